The first-order valence-electron chi connectivity index (χ1n) is 8.74. The molecule has 1 amide bonds. The van der Waals surface area contributed by atoms with Gasteiger partial charge < -0.3 is 10.1 Å². The van der Waals surface area contributed by atoms with E-state index in [-0.39, 0.29) is 18.6 Å². The van der Waals surface area contributed by atoms with Crippen molar-refractivity contribution >= 4 is 32.6 Å². The molecule has 1 atom stereocenters. The van der Waals surface area contributed by atoms with Crippen LogP contribution in [0.15, 0.2) is 65.1 Å². The van der Waals surface area contributed by atoms with E-state index in [0.717, 1.165) is 27.2 Å². The number of ether oxygens (including phenoxy) is 1. The molecule has 3 aromatic carbocycles. The highest BCUT2D eigenvalue weighted by molar-refractivity contribution is 9.10. The summed E-state index contributed by atoms with van der Waals surface area (Å²) in [6.07, 6.45) is 0.828. The first-order valence-corrected chi connectivity index (χ1v) is 9.53. The second kappa shape index (κ2) is 8.37. The van der Waals surface area contributed by atoms with Gasteiger partial charge in [0.25, 0.3) is 5.91 Å². The van der Waals surface area contributed by atoms with Crippen molar-refractivity contribution in [1.29, 1.82) is 0 Å². The lowest BCUT2D eigenvalue weighted by atomic mass is 10.0. The predicted molar refractivity (Wildman–Crippen MR) is 109 cm³/mol. The zero-order valence-corrected chi connectivity index (χ0v) is 16.5. The third kappa shape index (κ3) is 4.25. The van der Waals surface area contributed by atoms with Gasteiger partial charge in [0.2, 0.25) is 0 Å². The van der Waals surface area contributed by atoms with Gasteiger partial charge in [0.1, 0.15) is 5.75 Å². The molecule has 0 saturated carbocycles. The number of amides is 1. The van der Waals surface area contributed by atoms with E-state index < -0.39 is 0 Å². The molecular weight excluding hydrogens is 390 g/mol. The summed E-state index contributed by atoms with van der Waals surface area (Å²) in [4.78, 5) is 12.3. The minimum absolute atomic E-state index is 0.00764. The van der Waals surface area contributed by atoms with Crippen molar-refractivity contribution in [3.63, 3.8) is 0 Å². The summed E-state index contributed by atoms with van der Waals surface area (Å²) in [5, 5.41) is 5.24. The summed E-state index contributed by atoms with van der Waals surface area (Å²) < 4.78 is 6.62. The highest BCUT2D eigenvalue weighted by Crippen LogP contribution is 2.33. The molecule has 0 bridgehead atoms. The number of benzene rings is 3. The Balaban J connectivity index is 1.65. The van der Waals surface area contributed by atoms with Crippen molar-refractivity contribution in [2.45, 2.75) is 26.3 Å². The third-order valence-corrected chi connectivity index (χ3v) is 5.23. The molecule has 0 aliphatic heterocycles. The maximum Gasteiger partial charge on any atom is 0.258 e. The van der Waals surface area contributed by atoms with Crippen molar-refractivity contribution in [1.82, 2.24) is 5.32 Å². The number of hydrogen-bond acceptors (Lipinski definition) is 2. The minimum Gasteiger partial charge on any atom is -0.483 e. The minimum atomic E-state index is -0.127. The zero-order valence-electron chi connectivity index (χ0n) is 15.0. The van der Waals surface area contributed by atoms with Crippen LogP contribution in [0, 0.1) is 6.92 Å². The van der Waals surface area contributed by atoms with Crippen molar-refractivity contribution < 1.29 is 9.53 Å². The van der Waals surface area contributed by atoms with Gasteiger partial charge in [-0.25, -0.2) is 0 Å². The van der Waals surface area contributed by atoms with E-state index in [2.05, 4.69) is 59.4 Å². The Morgan fingerprint density at radius 3 is 2.54 bits per heavy atom. The van der Waals surface area contributed by atoms with Crippen molar-refractivity contribution in [3.8, 4) is 5.75 Å². The van der Waals surface area contributed by atoms with Crippen LogP contribution in [0.2, 0.25) is 0 Å². The lowest BCUT2D eigenvalue weighted by Gasteiger charge is -2.18. The van der Waals surface area contributed by atoms with Crippen LogP contribution in [0.3, 0.4) is 0 Å². The number of halogens is 1. The van der Waals surface area contributed by atoms with Crippen LogP contribution in [-0.2, 0) is 4.79 Å². The normalized spacial score (nSPS) is 12.0. The molecule has 0 saturated heterocycles. The van der Waals surface area contributed by atoms with E-state index in [1.165, 1.54) is 5.56 Å². The molecule has 4 heteroatoms. The lowest BCUT2D eigenvalue weighted by Crippen LogP contribution is -2.32. The Morgan fingerprint density at radius 1 is 1.08 bits per heavy atom. The SMILES string of the molecule is CC[C@H](NC(=O)COc1ccc2ccccc2c1Br)c1ccc(C)cc1. The average molecular weight is 412 g/mol. The van der Waals surface area contributed by atoms with Crippen molar-refractivity contribution in [2.24, 2.45) is 0 Å². The molecule has 0 fully saturated rings. The topological polar surface area (TPSA) is 38.3 Å². The first kappa shape index (κ1) is 18.5. The van der Waals surface area contributed by atoms with Crippen LogP contribution in [0.25, 0.3) is 10.8 Å². The maximum atomic E-state index is 12.3. The fourth-order valence-electron chi connectivity index (χ4n) is 2.92. The molecule has 1 N–H and O–H groups in total. The fourth-order valence-corrected chi connectivity index (χ4v) is 3.53. The van der Waals surface area contributed by atoms with Crippen molar-refractivity contribution in [3.05, 3.63) is 76.3 Å². The molecule has 0 unspecified atom stereocenters. The zero-order chi connectivity index (χ0) is 18.5. The summed E-state index contributed by atoms with van der Waals surface area (Å²) >= 11 is 3.58. The van der Waals surface area contributed by atoms with Gasteiger partial charge in [0, 0.05) is 0 Å². The first-order chi connectivity index (χ1) is 12.6. The monoisotopic (exact) mass is 411 g/mol. The molecule has 0 heterocycles. The number of rotatable bonds is 6. The summed E-state index contributed by atoms with van der Waals surface area (Å²) in [5.74, 6) is 0.541. The fraction of sp³-hybridized carbons (Fsp3) is 0.227. The Hall–Kier alpha value is -2.33. The van der Waals surface area contributed by atoms with E-state index in [1.807, 2.05) is 36.4 Å². The summed E-state index contributed by atoms with van der Waals surface area (Å²) in [6, 6.07) is 20.2. The average Bonchev–Trinajstić information content (AvgIpc) is 2.66. The predicted octanol–water partition coefficient (Wildman–Crippen LogP) is 5.56. The van der Waals surface area contributed by atoms with Crippen LogP contribution < -0.4 is 10.1 Å². The van der Waals surface area contributed by atoms with E-state index in [9.17, 15) is 4.79 Å². The standard InChI is InChI=1S/C22H22BrNO2/c1-3-19(17-10-8-15(2)9-11-17)24-21(25)14-26-20-13-12-16-6-4-5-7-18(16)22(20)23/h4-13,19H,3,14H2,1-2H3,(H,24,25)/t19-/m0/s1. The van der Waals surface area contributed by atoms with Crippen LogP contribution >= 0.6 is 15.9 Å². The number of fused-ring (bicyclic) bond motifs is 1. The summed E-state index contributed by atoms with van der Waals surface area (Å²) in [5.41, 5.74) is 2.32. The molecule has 0 aliphatic carbocycles. The number of aryl methyl sites for hydroxylation is 1. The maximum absolute atomic E-state index is 12.3. The lowest BCUT2D eigenvalue weighted by molar-refractivity contribution is -0.123. The summed E-state index contributed by atoms with van der Waals surface area (Å²) in [6.45, 7) is 4.10. The van der Waals surface area contributed by atoms with E-state index in [0.29, 0.717) is 5.75 Å². The number of nitrogens with one attached hydrogen (secondary N) is 1. The van der Waals surface area contributed by atoms with Gasteiger partial charge >= 0.3 is 0 Å². The van der Waals surface area contributed by atoms with E-state index in [1.54, 1.807) is 0 Å². The molecule has 3 aromatic rings. The Morgan fingerprint density at radius 2 is 1.81 bits per heavy atom. The molecule has 3 nitrogen and oxygen atoms in total. The van der Waals surface area contributed by atoms with Crippen LogP contribution in [0.5, 0.6) is 5.75 Å². The van der Waals surface area contributed by atoms with E-state index in [4.69, 9.17) is 4.74 Å². The molecule has 3 rings (SSSR count). The molecule has 0 radical (unpaired) electrons. The van der Waals surface area contributed by atoms with Crippen LogP contribution in [0.1, 0.15) is 30.5 Å². The van der Waals surface area contributed by atoms with Crippen molar-refractivity contribution in [2.75, 3.05) is 6.61 Å². The van der Waals surface area contributed by atoms with Gasteiger partial charge in [-0.2, -0.15) is 0 Å². The second-order valence-corrected chi connectivity index (χ2v) is 7.12. The van der Waals surface area contributed by atoms with Gasteiger partial charge in [0.05, 0.1) is 10.5 Å². The highest BCUT2D eigenvalue weighted by atomic mass is 79.9. The largest absolute Gasteiger partial charge is 0.483 e. The quantitative estimate of drug-likeness (QED) is 0.576. The van der Waals surface area contributed by atoms with Crippen LogP contribution in [0.4, 0.5) is 0 Å². The Labute approximate surface area is 162 Å². The molecule has 0 aromatic heterocycles. The van der Waals surface area contributed by atoms with Gasteiger partial charge in [-0.3, -0.25) is 4.79 Å². The van der Waals surface area contributed by atoms with Gasteiger partial charge in [-0.05, 0) is 51.7 Å². The summed E-state index contributed by atoms with van der Waals surface area (Å²) in [7, 11) is 0. The second-order valence-electron chi connectivity index (χ2n) is 6.33. The smallest absolute Gasteiger partial charge is 0.258 e. The van der Waals surface area contributed by atoms with Gasteiger partial charge in [-0.15, -0.1) is 0 Å². The highest BCUT2D eigenvalue weighted by Gasteiger charge is 2.14. The van der Waals surface area contributed by atoms with E-state index >= 15 is 0 Å². The molecule has 0 aliphatic rings. The third-order valence-electron chi connectivity index (χ3n) is 4.41. The Bertz CT molecular complexity index is 906. The van der Waals surface area contributed by atoms with Gasteiger partial charge in [0.15, 0.2) is 6.61 Å². The number of carbonyl (C=O) groups is 1. The molecule has 26 heavy (non-hydrogen) atoms. The van der Waals surface area contributed by atoms with Gasteiger partial charge in [-0.1, -0.05) is 67.1 Å². The number of carbonyl (C=O) groups excluding carboxylic acids is 1. The Kier molecular flexibility index (Phi) is 5.94. The molecular formula is C22H22BrNO2. The molecule has 134 valence electrons. The number of hydrogen-bond donors (Lipinski definition) is 1. The molecule has 0 spiro atoms. The van der Waals surface area contributed by atoms with Crippen LogP contribution in [-0.4, -0.2) is 12.5 Å².